The van der Waals surface area contributed by atoms with Gasteiger partial charge in [-0.2, -0.15) is 0 Å². The van der Waals surface area contributed by atoms with Gasteiger partial charge in [0.2, 0.25) is 11.6 Å². The van der Waals surface area contributed by atoms with Gasteiger partial charge in [0.15, 0.2) is 0 Å². The van der Waals surface area contributed by atoms with Crippen LogP contribution in [-0.2, 0) is 4.79 Å². The zero-order valence-electron chi connectivity index (χ0n) is 16.9. The molecule has 0 saturated heterocycles. The summed E-state index contributed by atoms with van der Waals surface area (Å²) >= 11 is 0. The summed E-state index contributed by atoms with van der Waals surface area (Å²) in [5.74, 6) is -0.188. The van der Waals surface area contributed by atoms with Gasteiger partial charge in [0.05, 0.1) is 6.61 Å². The van der Waals surface area contributed by atoms with Crippen LogP contribution in [0.4, 0.5) is 0 Å². The number of carbonyl (C=O) groups is 2. The molecular weight excluding hydrogens is 364 g/mol. The summed E-state index contributed by atoms with van der Waals surface area (Å²) in [6.07, 6.45) is 6.50. The summed E-state index contributed by atoms with van der Waals surface area (Å²) in [6.45, 7) is 2.78. The number of carbonyl (C=O) groups excluding carboxylic acids is 2. The number of hydrogen-bond donors (Lipinski definition) is 1. The molecule has 4 nitrogen and oxygen atoms in total. The minimum Gasteiger partial charge on any atom is -0.507 e. The van der Waals surface area contributed by atoms with Crippen LogP contribution < -0.4 is 4.74 Å². The van der Waals surface area contributed by atoms with Gasteiger partial charge in [-0.05, 0) is 38.3 Å². The van der Waals surface area contributed by atoms with E-state index >= 15 is 0 Å². The van der Waals surface area contributed by atoms with E-state index in [2.05, 4.69) is 6.92 Å². The van der Waals surface area contributed by atoms with E-state index in [1.54, 1.807) is 24.3 Å². The second-order valence-electron chi connectivity index (χ2n) is 7.56. The van der Waals surface area contributed by atoms with Gasteiger partial charge < -0.3 is 9.84 Å². The molecule has 1 aliphatic rings. The highest BCUT2D eigenvalue weighted by Gasteiger charge is 2.31. The maximum Gasteiger partial charge on any atom is 0.234 e. The van der Waals surface area contributed by atoms with E-state index in [0.29, 0.717) is 17.5 Å². The maximum absolute atomic E-state index is 12.3. The van der Waals surface area contributed by atoms with Crippen LogP contribution in [0, 0.1) is 6.92 Å². The van der Waals surface area contributed by atoms with Crippen LogP contribution in [0.3, 0.4) is 0 Å². The smallest absolute Gasteiger partial charge is 0.234 e. The molecule has 29 heavy (non-hydrogen) atoms. The Hall–Kier alpha value is -2.88. The first-order valence-electron chi connectivity index (χ1n) is 10.4. The van der Waals surface area contributed by atoms with Crippen molar-refractivity contribution in [2.45, 2.75) is 51.9 Å². The molecule has 0 atom stereocenters. The predicted octanol–water partition coefficient (Wildman–Crippen LogP) is 5.84. The second-order valence-corrected chi connectivity index (χ2v) is 7.56. The normalized spacial score (nSPS) is 13.6. The van der Waals surface area contributed by atoms with Crippen molar-refractivity contribution < 1.29 is 19.4 Å². The van der Waals surface area contributed by atoms with Gasteiger partial charge in [-0.25, -0.2) is 0 Å². The molecule has 0 radical (unpaired) electrons. The van der Waals surface area contributed by atoms with E-state index < -0.39 is 11.6 Å². The molecular formula is C25H28O4. The standard InChI is InChI=1S/C25H28O4/c1-18-13-15-19(16-14-18)29-17-9-5-3-2-4-6-12-22-23(26)20-10-7-8-11-21(20)24(27)25(22)28/h7-8,10-11,13-16,26H,2-6,9,12,17H2,1H3. The number of ether oxygens (including phenoxy) is 1. The lowest BCUT2D eigenvalue weighted by Crippen LogP contribution is -2.24. The zero-order chi connectivity index (χ0) is 20.6. The molecule has 0 amide bonds. The molecule has 1 aliphatic carbocycles. The topological polar surface area (TPSA) is 63.6 Å². The van der Waals surface area contributed by atoms with E-state index in [0.717, 1.165) is 50.9 Å². The summed E-state index contributed by atoms with van der Waals surface area (Å²) in [7, 11) is 0. The highest BCUT2D eigenvalue weighted by molar-refractivity contribution is 6.52. The van der Waals surface area contributed by atoms with Gasteiger partial charge in [-0.1, -0.05) is 67.6 Å². The van der Waals surface area contributed by atoms with Crippen molar-refractivity contribution in [3.8, 4) is 5.75 Å². The Balaban J connectivity index is 1.34. The lowest BCUT2D eigenvalue weighted by atomic mass is 9.86. The molecule has 0 fully saturated rings. The quantitative estimate of drug-likeness (QED) is 0.407. The Morgan fingerprint density at radius 1 is 0.759 bits per heavy atom. The van der Waals surface area contributed by atoms with Crippen molar-refractivity contribution in [3.63, 3.8) is 0 Å². The molecule has 0 bridgehead atoms. The molecule has 0 aromatic heterocycles. The molecule has 2 aromatic rings. The van der Waals surface area contributed by atoms with Crippen molar-refractivity contribution in [1.82, 2.24) is 0 Å². The lowest BCUT2D eigenvalue weighted by molar-refractivity contribution is -0.112. The molecule has 1 N–H and O–H groups in total. The molecule has 0 spiro atoms. The Morgan fingerprint density at radius 2 is 1.38 bits per heavy atom. The number of ketones is 2. The first-order chi connectivity index (χ1) is 14.1. The first kappa shape index (κ1) is 20.8. The van der Waals surface area contributed by atoms with E-state index in [1.807, 2.05) is 24.3 Å². The van der Waals surface area contributed by atoms with Crippen molar-refractivity contribution in [1.29, 1.82) is 0 Å². The summed E-state index contributed by atoms with van der Waals surface area (Å²) in [4.78, 5) is 24.5. The fourth-order valence-electron chi connectivity index (χ4n) is 3.58. The minimum absolute atomic E-state index is 0.0292. The van der Waals surface area contributed by atoms with E-state index in [4.69, 9.17) is 4.74 Å². The molecule has 2 aromatic carbocycles. The van der Waals surface area contributed by atoms with Gasteiger partial charge in [0.25, 0.3) is 0 Å². The van der Waals surface area contributed by atoms with Crippen LogP contribution in [0.15, 0.2) is 54.1 Å². The van der Waals surface area contributed by atoms with Crippen molar-refractivity contribution >= 4 is 17.3 Å². The SMILES string of the molecule is Cc1ccc(OCCCCCCCCC2=C(O)c3ccccc3C(=O)C2=O)cc1. The Bertz CT molecular complexity index is 893. The fraction of sp³-hybridized carbons (Fsp3) is 0.360. The number of aliphatic hydroxyl groups is 1. The van der Waals surface area contributed by atoms with E-state index in [-0.39, 0.29) is 11.3 Å². The van der Waals surface area contributed by atoms with Crippen LogP contribution in [0.25, 0.3) is 5.76 Å². The largest absolute Gasteiger partial charge is 0.507 e. The molecule has 152 valence electrons. The highest BCUT2D eigenvalue weighted by Crippen LogP contribution is 2.30. The number of rotatable bonds is 10. The number of aliphatic hydroxyl groups excluding tert-OH is 1. The predicted molar refractivity (Wildman–Crippen MR) is 114 cm³/mol. The average Bonchev–Trinajstić information content (AvgIpc) is 2.74. The average molecular weight is 392 g/mol. The van der Waals surface area contributed by atoms with Crippen LogP contribution in [0.5, 0.6) is 5.75 Å². The third-order valence-corrected chi connectivity index (χ3v) is 5.30. The van der Waals surface area contributed by atoms with Gasteiger partial charge in [0, 0.05) is 16.7 Å². The molecule has 0 heterocycles. The molecule has 0 aliphatic heterocycles. The molecule has 3 rings (SSSR count). The Morgan fingerprint density at radius 3 is 2.10 bits per heavy atom. The number of hydrogen-bond acceptors (Lipinski definition) is 4. The van der Waals surface area contributed by atoms with Gasteiger partial charge in [-0.15, -0.1) is 0 Å². The van der Waals surface area contributed by atoms with Crippen LogP contribution in [0.2, 0.25) is 0 Å². The lowest BCUT2D eigenvalue weighted by Gasteiger charge is -2.17. The second kappa shape index (κ2) is 10.1. The fourth-order valence-corrected chi connectivity index (χ4v) is 3.58. The Labute approximate surface area is 172 Å². The van der Waals surface area contributed by atoms with Crippen molar-refractivity contribution in [2.75, 3.05) is 6.61 Å². The number of benzene rings is 2. The van der Waals surface area contributed by atoms with Crippen LogP contribution >= 0.6 is 0 Å². The molecule has 0 saturated carbocycles. The number of aryl methyl sites for hydroxylation is 1. The number of Topliss-reactive ketones (excluding diaryl/α,β-unsaturated/α-hetero) is 2. The van der Waals surface area contributed by atoms with Crippen LogP contribution in [0.1, 0.15) is 66.4 Å². The highest BCUT2D eigenvalue weighted by atomic mass is 16.5. The minimum atomic E-state index is -0.561. The number of fused-ring (bicyclic) bond motifs is 1. The number of allylic oxidation sites excluding steroid dienone is 1. The van der Waals surface area contributed by atoms with E-state index in [1.165, 1.54) is 5.56 Å². The summed E-state index contributed by atoms with van der Waals surface area (Å²) in [5, 5.41) is 10.4. The third-order valence-electron chi connectivity index (χ3n) is 5.30. The molecule has 4 heteroatoms. The monoisotopic (exact) mass is 392 g/mol. The Kier molecular flexibility index (Phi) is 7.23. The summed E-state index contributed by atoms with van der Waals surface area (Å²) in [5.41, 5.74) is 2.26. The first-order valence-corrected chi connectivity index (χ1v) is 10.4. The van der Waals surface area contributed by atoms with Gasteiger partial charge >= 0.3 is 0 Å². The maximum atomic E-state index is 12.3. The summed E-state index contributed by atoms with van der Waals surface area (Å²) in [6, 6.07) is 14.8. The van der Waals surface area contributed by atoms with Crippen molar-refractivity contribution in [2.24, 2.45) is 0 Å². The van der Waals surface area contributed by atoms with Crippen molar-refractivity contribution in [3.05, 3.63) is 70.8 Å². The van der Waals surface area contributed by atoms with Crippen LogP contribution in [-0.4, -0.2) is 23.3 Å². The number of unbranched alkanes of at least 4 members (excludes halogenated alkanes) is 5. The zero-order valence-corrected chi connectivity index (χ0v) is 16.9. The van der Waals surface area contributed by atoms with E-state index in [9.17, 15) is 14.7 Å². The molecule has 0 unspecified atom stereocenters. The van der Waals surface area contributed by atoms with Gasteiger partial charge in [0.1, 0.15) is 11.5 Å². The van der Waals surface area contributed by atoms with Gasteiger partial charge in [-0.3, -0.25) is 9.59 Å². The third kappa shape index (κ3) is 5.35. The summed E-state index contributed by atoms with van der Waals surface area (Å²) < 4.78 is 5.73.